The monoisotopic (exact) mass is 941 g/mol. The van der Waals surface area contributed by atoms with Crippen LogP contribution in [0.2, 0.25) is 0 Å². The lowest BCUT2D eigenvalue weighted by Gasteiger charge is -2.18. The lowest BCUT2D eigenvalue weighted by molar-refractivity contribution is -0.162. The number of hydrogen-bond donors (Lipinski definition) is 0. The highest BCUT2D eigenvalue weighted by Crippen LogP contribution is 2.15. The maximum absolute atomic E-state index is 12.8. The fraction of sp³-hybridized carbons (Fsp3) is 0.651. The Morgan fingerprint density at radius 1 is 0.338 bits per heavy atom. The van der Waals surface area contributed by atoms with Crippen molar-refractivity contribution in [1.29, 1.82) is 0 Å². The molecule has 5 heteroatoms. The third-order valence-electron chi connectivity index (χ3n) is 11.5. The molecule has 0 aromatic carbocycles. The molecule has 0 aliphatic carbocycles. The van der Waals surface area contributed by atoms with Crippen molar-refractivity contribution in [2.45, 2.75) is 245 Å². The summed E-state index contributed by atoms with van der Waals surface area (Å²) < 4.78 is 17.4. The van der Waals surface area contributed by atoms with E-state index in [0.29, 0.717) is 25.9 Å². The molecular formula is C63H104O5. The Morgan fingerprint density at radius 3 is 1.12 bits per heavy atom. The largest absolute Gasteiger partial charge is 0.462 e. The van der Waals surface area contributed by atoms with Gasteiger partial charge in [0.15, 0.2) is 6.10 Å². The molecule has 0 aromatic rings. The minimum absolute atomic E-state index is 0.0299. The predicted molar refractivity (Wildman–Crippen MR) is 297 cm³/mol. The highest BCUT2D eigenvalue weighted by molar-refractivity contribution is 5.70. The standard InChI is InChI=1S/C63H104O5/c1-4-7-10-13-16-19-22-25-28-31-32-34-35-38-41-44-47-50-53-56-62(64)67-60-61(59-66-58-55-52-49-46-43-40-37-30-27-24-21-18-15-12-9-6-3)68-63(65)57-54-51-48-45-42-39-36-33-29-26-23-20-17-14-11-8-5-2/h7-8,10-11,16-17,19-20,25-26,28-29,32,34,36,38-39,41,47,50,61H,4-6,9,12-15,18,21-24,27,30-31,33,35,37,40,42-46,48-49,51-60H2,1-3H3/b10-7-,11-8-,19-16-,20-17-,28-25-,29-26-,34-32-,39-36-,41-38-,50-47-/t61-/m1/s1. The van der Waals surface area contributed by atoms with Crippen molar-refractivity contribution in [2.24, 2.45) is 0 Å². The first-order valence-electron chi connectivity index (χ1n) is 28.1. The predicted octanol–water partition coefficient (Wildman–Crippen LogP) is 19.3. The van der Waals surface area contributed by atoms with Gasteiger partial charge in [-0.05, 0) is 96.3 Å². The van der Waals surface area contributed by atoms with Crippen LogP contribution in [0.3, 0.4) is 0 Å². The summed E-state index contributed by atoms with van der Waals surface area (Å²) in [5.74, 6) is -0.523. The number of esters is 2. The molecule has 0 unspecified atom stereocenters. The minimum atomic E-state index is -0.587. The third kappa shape index (κ3) is 54.9. The number of unbranched alkanes of at least 4 members (excludes halogenated alkanes) is 19. The molecule has 386 valence electrons. The molecule has 0 bridgehead atoms. The van der Waals surface area contributed by atoms with Crippen LogP contribution in [0.4, 0.5) is 0 Å². The third-order valence-corrected chi connectivity index (χ3v) is 11.5. The van der Waals surface area contributed by atoms with Gasteiger partial charge in [0.25, 0.3) is 0 Å². The molecule has 1 atom stereocenters. The SMILES string of the molecule is CC/C=C\C/C=C\C/C=C\C/C=C\C/C=C\C/C=C\CCC(=O)OC[C@@H](COCCCCCCCCCCCCCCCCCC)OC(=O)CCCCCC/C=C\C/C=C\C/C=C\C/C=C\CC. The molecule has 0 N–H and O–H groups in total. The molecule has 0 aliphatic heterocycles. The lowest BCUT2D eigenvalue weighted by atomic mass is 10.0. The molecule has 0 aliphatic rings. The van der Waals surface area contributed by atoms with Gasteiger partial charge in [-0.2, -0.15) is 0 Å². The first kappa shape index (κ1) is 64.3. The second kappa shape index (κ2) is 57.6. The van der Waals surface area contributed by atoms with E-state index >= 15 is 0 Å². The number of carbonyl (C=O) groups excluding carboxylic acids is 2. The van der Waals surface area contributed by atoms with Crippen molar-refractivity contribution in [3.05, 3.63) is 122 Å². The molecule has 0 saturated carbocycles. The normalized spacial score (nSPS) is 13.2. The maximum Gasteiger partial charge on any atom is 0.306 e. The molecule has 0 radical (unpaired) electrons. The Kier molecular flexibility index (Phi) is 54.5. The van der Waals surface area contributed by atoms with Gasteiger partial charge in [0.05, 0.1) is 6.61 Å². The van der Waals surface area contributed by atoms with E-state index in [1.807, 2.05) is 6.08 Å². The summed E-state index contributed by atoms with van der Waals surface area (Å²) in [6, 6.07) is 0. The van der Waals surface area contributed by atoms with E-state index < -0.39 is 6.10 Å². The van der Waals surface area contributed by atoms with Crippen LogP contribution in [0.25, 0.3) is 0 Å². The Bertz CT molecular complexity index is 1390. The number of ether oxygens (including phenoxy) is 3. The molecule has 0 amide bonds. The zero-order chi connectivity index (χ0) is 49.2. The molecule has 0 fully saturated rings. The summed E-state index contributed by atoms with van der Waals surface area (Å²) in [5.41, 5.74) is 0. The Hall–Kier alpha value is -3.70. The average molecular weight is 942 g/mol. The quantitative estimate of drug-likeness (QED) is 0.0345. The molecule has 0 spiro atoms. The van der Waals surface area contributed by atoms with Crippen molar-refractivity contribution in [3.8, 4) is 0 Å². The van der Waals surface area contributed by atoms with Gasteiger partial charge in [-0.15, -0.1) is 0 Å². The Balaban J connectivity index is 4.45. The van der Waals surface area contributed by atoms with Crippen molar-refractivity contribution in [1.82, 2.24) is 0 Å². The molecule has 0 rings (SSSR count). The maximum atomic E-state index is 12.8. The number of rotatable bonds is 50. The van der Waals surface area contributed by atoms with E-state index in [0.717, 1.165) is 109 Å². The number of allylic oxidation sites excluding steroid dienone is 20. The van der Waals surface area contributed by atoms with Crippen LogP contribution in [0.1, 0.15) is 239 Å². The molecular weight excluding hydrogens is 837 g/mol. The summed E-state index contributed by atoms with van der Waals surface area (Å²) in [5, 5.41) is 0. The zero-order valence-electron chi connectivity index (χ0n) is 44.3. The van der Waals surface area contributed by atoms with Crippen LogP contribution >= 0.6 is 0 Å². The van der Waals surface area contributed by atoms with Crippen molar-refractivity contribution in [3.63, 3.8) is 0 Å². The van der Waals surface area contributed by atoms with Gasteiger partial charge in [-0.1, -0.05) is 251 Å². The minimum Gasteiger partial charge on any atom is -0.462 e. The summed E-state index contributed by atoms with van der Waals surface area (Å²) in [6.45, 7) is 7.50. The van der Waals surface area contributed by atoms with Gasteiger partial charge in [0, 0.05) is 19.4 Å². The fourth-order valence-electron chi connectivity index (χ4n) is 7.41. The zero-order valence-corrected chi connectivity index (χ0v) is 44.3. The summed E-state index contributed by atoms with van der Waals surface area (Å²) in [7, 11) is 0. The van der Waals surface area contributed by atoms with Gasteiger partial charge in [-0.25, -0.2) is 0 Å². The molecule has 0 heterocycles. The Morgan fingerprint density at radius 2 is 0.691 bits per heavy atom. The van der Waals surface area contributed by atoms with Gasteiger partial charge in [-0.3, -0.25) is 9.59 Å². The molecule has 5 nitrogen and oxygen atoms in total. The van der Waals surface area contributed by atoms with Crippen LogP contribution in [0.5, 0.6) is 0 Å². The molecule has 0 aromatic heterocycles. The van der Waals surface area contributed by atoms with Crippen LogP contribution in [-0.4, -0.2) is 37.9 Å². The summed E-state index contributed by atoms with van der Waals surface area (Å²) in [4.78, 5) is 25.5. The van der Waals surface area contributed by atoms with Gasteiger partial charge in [0.2, 0.25) is 0 Å². The average Bonchev–Trinajstić information content (AvgIpc) is 3.34. The summed E-state index contributed by atoms with van der Waals surface area (Å²) >= 11 is 0. The number of carbonyl (C=O) groups is 2. The van der Waals surface area contributed by atoms with E-state index in [2.05, 4.69) is 136 Å². The van der Waals surface area contributed by atoms with E-state index in [4.69, 9.17) is 14.2 Å². The van der Waals surface area contributed by atoms with Gasteiger partial charge in [0.1, 0.15) is 6.61 Å². The van der Waals surface area contributed by atoms with E-state index in [9.17, 15) is 9.59 Å². The van der Waals surface area contributed by atoms with Gasteiger partial charge < -0.3 is 14.2 Å². The first-order valence-corrected chi connectivity index (χ1v) is 28.1. The van der Waals surface area contributed by atoms with Crippen LogP contribution in [0.15, 0.2) is 122 Å². The van der Waals surface area contributed by atoms with Crippen molar-refractivity contribution >= 4 is 11.9 Å². The highest BCUT2D eigenvalue weighted by Gasteiger charge is 2.17. The van der Waals surface area contributed by atoms with Crippen molar-refractivity contribution in [2.75, 3.05) is 19.8 Å². The molecule has 0 saturated heterocycles. The van der Waals surface area contributed by atoms with E-state index in [-0.39, 0.29) is 25.2 Å². The Labute approximate surface area is 420 Å². The van der Waals surface area contributed by atoms with Crippen LogP contribution in [0, 0.1) is 0 Å². The first-order chi connectivity index (χ1) is 33.6. The van der Waals surface area contributed by atoms with Crippen LogP contribution < -0.4 is 0 Å². The summed E-state index contributed by atoms with van der Waals surface area (Å²) in [6.07, 6.45) is 80.8. The number of hydrogen-bond acceptors (Lipinski definition) is 5. The lowest BCUT2D eigenvalue weighted by Crippen LogP contribution is -2.30. The van der Waals surface area contributed by atoms with E-state index in [1.54, 1.807) is 0 Å². The smallest absolute Gasteiger partial charge is 0.306 e. The van der Waals surface area contributed by atoms with Gasteiger partial charge >= 0.3 is 11.9 Å². The fourth-order valence-corrected chi connectivity index (χ4v) is 7.41. The van der Waals surface area contributed by atoms with E-state index in [1.165, 1.54) is 89.9 Å². The van der Waals surface area contributed by atoms with Crippen LogP contribution in [-0.2, 0) is 23.8 Å². The second-order valence-electron chi connectivity index (χ2n) is 18.1. The topological polar surface area (TPSA) is 61.8 Å². The second-order valence-corrected chi connectivity index (χ2v) is 18.1. The highest BCUT2D eigenvalue weighted by atomic mass is 16.6. The van der Waals surface area contributed by atoms with Crippen molar-refractivity contribution < 1.29 is 23.8 Å². The molecule has 68 heavy (non-hydrogen) atoms.